The lowest BCUT2D eigenvalue weighted by Gasteiger charge is -2.34. The molecular weight excluding hydrogens is 525 g/mol. The fourth-order valence-corrected chi connectivity index (χ4v) is 4.95. The zero-order valence-corrected chi connectivity index (χ0v) is 22.9. The van der Waals surface area contributed by atoms with E-state index in [0.29, 0.717) is 47.1 Å². The molecule has 2 heterocycles. The van der Waals surface area contributed by atoms with Crippen molar-refractivity contribution in [3.8, 4) is 11.5 Å². The molecule has 0 amide bonds. The van der Waals surface area contributed by atoms with E-state index in [1.807, 2.05) is 6.92 Å². The van der Waals surface area contributed by atoms with E-state index in [2.05, 4.69) is 16.8 Å². The molecule has 8 nitrogen and oxygen atoms in total. The van der Waals surface area contributed by atoms with Gasteiger partial charge in [0.05, 0.1) is 42.6 Å². The quantitative estimate of drug-likeness (QED) is 0.362. The second kappa shape index (κ2) is 12.2. The minimum Gasteiger partial charge on any atom is -0.497 e. The molecule has 0 radical (unpaired) electrons. The molecule has 0 bridgehead atoms. The number of rotatable bonds is 11. The van der Waals surface area contributed by atoms with Crippen molar-refractivity contribution in [3.05, 3.63) is 71.1 Å². The van der Waals surface area contributed by atoms with Crippen LogP contribution in [0.1, 0.15) is 30.9 Å². The van der Waals surface area contributed by atoms with Gasteiger partial charge in [-0.1, -0.05) is 13.5 Å². The average molecular weight is 561 g/mol. The van der Waals surface area contributed by atoms with Crippen molar-refractivity contribution in [2.24, 2.45) is 11.0 Å². The third-order valence-electron chi connectivity index (χ3n) is 7.01. The van der Waals surface area contributed by atoms with Crippen LogP contribution in [0.15, 0.2) is 65.0 Å². The monoisotopic (exact) mass is 560 g/mol. The molecule has 0 saturated carbocycles. The fourth-order valence-electron chi connectivity index (χ4n) is 4.95. The maximum Gasteiger partial charge on any atom is 0.418 e. The van der Waals surface area contributed by atoms with Crippen molar-refractivity contribution in [2.75, 3.05) is 57.4 Å². The van der Waals surface area contributed by atoms with Crippen LogP contribution in [0, 0.1) is 5.92 Å². The smallest absolute Gasteiger partial charge is 0.418 e. The molecule has 0 fully saturated rings. The van der Waals surface area contributed by atoms with E-state index < -0.39 is 17.7 Å². The molecule has 11 heteroatoms. The number of halogens is 3. The zero-order chi connectivity index (χ0) is 29.0. The molecule has 2 aliphatic rings. The lowest BCUT2D eigenvalue weighted by atomic mass is 9.97. The summed E-state index contributed by atoms with van der Waals surface area (Å²) in [5.74, 6) is 0.600. The highest BCUT2D eigenvalue weighted by Crippen LogP contribution is 2.44. The van der Waals surface area contributed by atoms with Crippen LogP contribution in [0.5, 0.6) is 11.5 Å². The summed E-state index contributed by atoms with van der Waals surface area (Å²) < 4.78 is 53.9. The maximum atomic E-state index is 14.3. The summed E-state index contributed by atoms with van der Waals surface area (Å²) in [6, 6.07) is 8.99. The highest BCUT2D eigenvalue weighted by molar-refractivity contribution is 6.15. The van der Waals surface area contributed by atoms with Crippen LogP contribution in [0.4, 0.5) is 24.5 Å². The number of ether oxygens (including phenoxy) is 2. The van der Waals surface area contributed by atoms with Crippen molar-refractivity contribution >= 4 is 17.1 Å². The largest absolute Gasteiger partial charge is 0.497 e. The Morgan fingerprint density at radius 2 is 1.75 bits per heavy atom. The van der Waals surface area contributed by atoms with Crippen LogP contribution in [0.25, 0.3) is 0 Å². The standard InChI is InChI=1S/C29H35F3N4O4/c1-5-9-35-10-8-24-27(20-11-22(39-3)14-23(12-20)40-4)34-36(18(2)28(24)35)26-13-21(33-15-19(16-37)17-38)6-7-25(26)29(30,31)32/h6-7,11-14,19,33,37-38H,2,5,8-10,15-17H2,1,3-4H3. The SMILES string of the molecule is C=C1C2=C(CCN2CCC)C(c2cc(OC)cc(OC)c2)=NN1c1cc(NCC(CO)CO)ccc1C(F)(F)F. The van der Waals surface area contributed by atoms with E-state index in [9.17, 15) is 23.4 Å². The molecule has 0 aromatic heterocycles. The summed E-state index contributed by atoms with van der Waals surface area (Å²) in [6.45, 7) is 7.33. The van der Waals surface area contributed by atoms with E-state index in [4.69, 9.17) is 14.6 Å². The number of hydrazone groups is 1. The fraction of sp³-hybridized carbons (Fsp3) is 0.414. The number of methoxy groups -OCH3 is 2. The summed E-state index contributed by atoms with van der Waals surface area (Å²) in [7, 11) is 3.07. The summed E-state index contributed by atoms with van der Waals surface area (Å²) in [6.07, 6.45) is -3.14. The Morgan fingerprint density at radius 3 is 2.33 bits per heavy atom. The number of nitrogens with one attached hydrogen (secondary N) is 1. The van der Waals surface area contributed by atoms with E-state index >= 15 is 0 Å². The van der Waals surface area contributed by atoms with E-state index in [1.165, 1.54) is 31.4 Å². The van der Waals surface area contributed by atoms with Crippen molar-refractivity contribution in [1.29, 1.82) is 0 Å². The molecule has 3 N–H and O–H groups in total. The van der Waals surface area contributed by atoms with Gasteiger partial charge in [0.25, 0.3) is 0 Å². The van der Waals surface area contributed by atoms with Crippen LogP contribution in [0.2, 0.25) is 0 Å². The first-order valence-electron chi connectivity index (χ1n) is 13.1. The molecule has 2 aromatic rings. The Labute approximate surface area is 232 Å². The molecule has 2 aliphatic heterocycles. The van der Waals surface area contributed by atoms with E-state index in [0.717, 1.165) is 30.3 Å². The molecule has 0 spiro atoms. The second-order valence-corrected chi connectivity index (χ2v) is 9.71. The number of alkyl halides is 3. The molecule has 216 valence electrons. The van der Waals surface area contributed by atoms with Gasteiger partial charge in [-0.2, -0.15) is 18.3 Å². The van der Waals surface area contributed by atoms with E-state index in [1.54, 1.807) is 18.2 Å². The molecule has 0 atom stereocenters. The molecular formula is C29H35F3N4O4. The first-order valence-corrected chi connectivity index (χ1v) is 13.1. The van der Waals surface area contributed by atoms with Gasteiger partial charge >= 0.3 is 6.18 Å². The first kappa shape index (κ1) is 29.3. The molecule has 0 unspecified atom stereocenters. The molecule has 40 heavy (non-hydrogen) atoms. The van der Waals surface area contributed by atoms with Crippen molar-refractivity contribution in [2.45, 2.75) is 25.9 Å². The number of anilines is 2. The third kappa shape index (κ3) is 5.90. The van der Waals surface area contributed by atoms with Gasteiger partial charge in [-0.05, 0) is 43.2 Å². The molecule has 4 rings (SSSR count). The van der Waals surface area contributed by atoms with Gasteiger partial charge in [0.2, 0.25) is 0 Å². The van der Waals surface area contributed by atoms with Crippen molar-refractivity contribution in [3.63, 3.8) is 0 Å². The Morgan fingerprint density at radius 1 is 1.07 bits per heavy atom. The van der Waals surface area contributed by atoms with Crippen LogP contribution in [-0.4, -0.2) is 67.9 Å². The Hall–Kier alpha value is -3.70. The highest BCUT2D eigenvalue weighted by atomic mass is 19.4. The summed E-state index contributed by atoms with van der Waals surface area (Å²) in [5.41, 5.74) is 2.53. The van der Waals surface area contributed by atoms with Crippen LogP contribution < -0.4 is 19.8 Å². The number of hydrogen-bond acceptors (Lipinski definition) is 8. The average Bonchev–Trinajstić information content (AvgIpc) is 3.37. The minimum atomic E-state index is -4.66. The van der Waals surface area contributed by atoms with Gasteiger partial charge < -0.3 is 29.9 Å². The predicted molar refractivity (Wildman–Crippen MR) is 149 cm³/mol. The highest BCUT2D eigenvalue weighted by Gasteiger charge is 2.40. The maximum absolute atomic E-state index is 14.3. The molecule has 0 saturated heterocycles. The predicted octanol–water partition coefficient (Wildman–Crippen LogP) is 4.84. The van der Waals surface area contributed by atoms with Gasteiger partial charge in [0.15, 0.2) is 0 Å². The van der Waals surface area contributed by atoms with Crippen molar-refractivity contribution in [1.82, 2.24) is 4.90 Å². The van der Waals surface area contributed by atoms with Crippen LogP contribution >= 0.6 is 0 Å². The van der Waals surface area contributed by atoms with Gasteiger partial charge in [-0.15, -0.1) is 0 Å². The topological polar surface area (TPSA) is 89.8 Å². The number of nitrogens with zero attached hydrogens (tertiary/aromatic N) is 3. The van der Waals surface area contributed by atoms with Gasteiger partial charge in [0, 0.05) is 61.7 Å². The van der Waals surface area contributed by atoms with Crippen LogP contribution in [-0.2, 0) is 6.18 Å². The lowest BCUT2D eigenvalue weighted by molar-refractivity contribution is -0.137. The first-order chi connectivity index (χ1) is 19.1. The molecule has 0 aliphatic carbocycles. The summed E-state index contributed by atoms with van der Waals surface area (Å²) in [4.78, 5) is 2.14. The normalized spacial score (nSPS) is 15.5. The van der Waals surface area contributed by atoms with Gasteiger partial charge in [0.1, 0.15) is 11.5 Å². The number of hydrogen-bond donors (Lipinski definition) is 3. The number of aliphatic hydroxyl groups excluding tert-OH is 2. The zero-order valence-electron chi connectivity index (χ0n) is 22.9. The van der Waals surface area contributed by atoms with Gasteiger partial charge in [-0.3, -0.25) is 0 Å². The molecule has 2 aromatic carbocycles. The Kier molecular flexibility index (Phi) is 8.95. The second-order valence-electron chi connectivity index (χ2n) is 9.71. The lowest BCUT2D eigenvalue weighted by Crippen LogP contribution is -2.32. The third-order valence-corrected chi connectivity index (χ3v) is 7.01. The Balaban J connectivity index is 1.89. The number of benzene rings is 2. The summed E-state index contributed by atoms with van der Waals surface area (Å²) in [5, 5.41) is 27.9. The van der Waals surface area contributed by atoms with Gasteiger partial charge in [-0.25, -0.2) is 5.01 Å². The van der Waals surface area contributed by atoms with Crippen LogP contribution in [0.3, 0.4) is 0 Å². The van der Waals surface area contributed by atoms with Crippen molar-refractivity contribution < 1.29 is 32.9 Å². The Bertz CT molecular complexity index is 1280. The number of aliphatic hydroxyl groups is 2. The minimum absolute atomic E-state index is 0.177. The van der Waals surface area contributed by atoms with E-state index in [-0.39, 0.29) is 25.4 Å². The summed E-state index contributed by atoms with van der Waals surface area (Å²) >= 11 is 0.